The zero-order valence-corrected chi connectivity index (χ0v) is 12.0. The van der Waals surface area contributed by atoms with Gasteiger partial charge in [0.05, 0.1) is 22.7 Å². The SMILES string of the molecule is CCOC(=O)c1c(C)oc2c1cc(Br)c1occc12. The van der Waals surface area contributed by atoms with E-state index in [0.717, 1.165) is 15.2 Å². The molecule has 3 rings (SSSR count). The van der Waals surface area contributed by atoms with E-state index < -0.39 is 0 Å². The highest BCUT2D eigenvalue weighted by Crippen LogP contribution is 2.37. The van der Waals surface area contributed by atoms with Crippen LogP contribution in [0.1, 0.15) is 23.0 Å². The van der Waals surface area contributed by atoms with Crippen LogP contribution in [0.25, 0.3) is 21.9 Å². The first-order chi connectivity index (χ1) is 9.13. The largest absolute Gasteiger partial charge is 0.463 e. The van der Waals surface area contributed by atoms with Crippen LogP contribution < -0.4 is 0 Å². The van der Waals surface area contributed by atoms with Crippen LogP contribution >= 0.6 is 15.9 Å². The van der Waals surface area contributed by atoms with Crippen molar-refractivity contribution in [3.63, 3.8) is 0 Å². The third-order valence-corrected chi connectivity index (χ3v) is 3.59. The first kappa shape index (κ1) is 12.3. The highest BCUT2D eigenvalue weighted by atomic mass is 79.9. The molecule has 19 heavy (non-hydrogen) atoms. The lowest BCUT2D eigenvalue weighted by molar-refractivity contribution is 0.0526. The minimum atomic E-state index is -0.367. The second kappa shape index (κ2) is 4.42. The van der Waals surface area contributed by atoms with Crippen molar-refractivity contribution in [1.29, 1.82) is 0 Å². The molecule has 0 aliphatic heterocycles. The van der Waals surface area contributed by atoms with Crippen molar-refractivity contribution < 1.29 is 18.4 Å². The van der Waals surface area contributed by atoms with Crippen molar-refractivity contribution in [2.75, 3.05) is 6.61 Å². The van der Waals surface area contributed by atoms with Crippen LogP contribution in [0, 0.1) is 6.92 Å². The summed E-state index contributed by atoms with van der Waals surface area (Å²) in [6, 6.07) is 3.64. The van der Waals surface area contributed by atoms with Gasteiger partial charge in [-0.2, -0.15) is 0 Å². The maximum atomic E-state index is 12.0. The summed E-state index contributed by atoms with van der Waals surface area (Å²) < 4.78 is 17.0. The minimum Gasteiger partial charge on any atom is -0.463 e. The van der Waals surface area contributed by atoms with E-state index in [1.54, 1.807) is 20.1 Å². The monoisotopic (exact) mass is 322 g/mol. The Labute approximate surface area is 117 Å². The predicted octanol–water partition coefficient (Wildman–Crippen LogP) is 4.43. The van der Waals surface area contributed by atoms with Gasteiger partial charge in [0.25, 0.3) is 0 Å². The Kier molecular flexibility index (Phi) is 2.86. The number of halogens is 1. The van der Waals surface area contributed by atoms with E-state index in [1.165, 1.54) is 0 Å². The summed E-state index contributed by atoms with van der Waals surface area (Å²) >= 11 is 3.44. The molecule has 0 N–H and O–H groups in total. The lowest BCUT2D eigenvalue weighted by Gasteiger charge is -2.00. The van der Waals surface area contributed by atoms with Crippen LogP contribution in [0.2, 0.25) is 0 Å². The lowest BCUT2D eigenvalue weighted by atomic mass is 10.1. The molecule has 1 aromatic carbocycles. The van der Waals surface area contributed by atoms with Crippen molar-refractivity contribution in [2.24, 2.45) is 0 Å². The van der Waals surface area contributed by atoms with Crippen molar-refractivity contribution in [2.45, 2.75) is 13.8 Å². The van der Waals surface area contributed by atoms with Crippen LogP contribution in [0.15, 0.2) is 31.7 Å². The Morgan fingerprint density at radius 3 is 2.89 bits per heavy atom. The molecule has 0 fully saturated rings. The van der Waals surface area contributed by atoms with Gasteiger partial charge in [0.15, 0.2) is 5.58 Å². The Bertz CT molecular complexity index is 782. The maximum absolute atomic E-state index is 12.0. The van der Waals surface area contributed by atoms with E-state index in [2.05, 4.69) is 15.9 Å². The molecule has 0 bridgehead atoms. The van der Waals surface area contributed by atoms with Crippen LogP contribution in [0.3, 0.4) is 0 Å². The Morgan fingerprint density at radius 2 is 2.16 bits per heavy atom. The highest BCUT2D eigenvalue weighted by molar-refractivity contribution is 9.10. The third-order valence-electron chi connectivity index (χ3n) is 3.00. The maximum Gasteiger partial charge on any atom is 0.342 e. The van der Waals surface area contributed by atoms with Gasteiger partial charge >= 0.3 is 5.97 Å². The van der Waals surface area contributed by atoms with E-state index in [0.29, 0.717) is 29.1 Å². The Hall–Kier alpha value is -1.75. The van der Waals surface area contributed by atoms with Gasteiger partial charge in [0, 0.05) is 5.39 Å². The quantitative estimate of drug-likeness (QED) is 0.655. The summed E-state index contributed by atoms with van der Waals surface area (Å²) in [5, 5.41) is 1.57. The fourth-order valence-electron chi connectivity index (χ4n) is 2.22. The summed E-state index contributed by atoms with van der Waals surface area (Å²) in [5.41, 5.74) is 1.82. The summed E-state index contributed by atoms with van der Waals surface area (Å²) in [6.45, 7) is 3.87. The standard InChI is InChI=1S/C14H11BrO4/c1-3-17-14(16)11-7(2)19-12-8-4-5-18-13(8)10(15)6-9(11)12/h4-6H,3H2,1-2H3. The van der Waals surface area contributed by atoms with Gasteiger partial charge in [-0.15, -0.1) is 0 Å². The van der Waals surface area contributed by atoms with Crippen LogP contribution in [0.4, 0.5) is 0 Å². The van der Waals surface area contributed by atoms with Crippen molar-refractivity contribution in [1.82, 2.24) is 0 Å². The number of hydrogen-bond acceptors (Lipinski definition) is 4. The second-order valence-electron chi connectivity index (χ2n) is 4.15. The lowest BCUT2D eigenvalue weighted by Crippen LogP contribution is -2.05. The Balaban J connectivity index is 2.37. The molecule has 0 saturated carbocycles. The Morgan fingerprint density at radius 1 is 1.37 bits per heavy atom. The molecule has 2 heterocycles. The molecule has 0 amide bonds. The second-order valence-corrected chi connectivity index (χ2v) is 5.01. The van der Waals surface area contributed by atoms with Crippen molar-refractivity contribution >= 4 is 43.8 Å². The molecular weight excluding hydrogens is 312 g/mol. The number of carbonyl (C=O) groups is 1. The normalized spacial score (nSPS) is 11.3. The molecule has 0 radical (unpaired) electrons. The molecule has 3 aromatic rings. The average molecular weight is 323 g/mol. The number of ether oxygens (including phenoxy) is 1. The molecule has 0 spiro atoms. The van der Waals surface area contributed by atoms with E-state index in [9.17, 15) is 4.79 Å². The van der Waals surface area contributed by atoms with Crippen molar-refractivity contribution in [3.8, 4) is 0 Å². The molecule has 2 aromatic heterocycles. The minimum absolute atomic E-state index is 0.333. The van der Waals surface area contributed by atoms with E-state index in [4.69, 9.17) is 13.6 Å². The number of fused-ring (bicyclic) bond motifs is 3. The summed E-state index contributed by atoms with van der Waals surface area (Å²) in [5.74, 6) is 0.183. The topological polar surface area (TPSA) is 52.6 Å². The summed E-state index contributed by atoms with van der Waals surface area (Å²) in [4.78, 5) is 12.0. The van der Waals surface area contributed by atoms with Gasteiger partial charge in [0.1, 0.15) is 16.9 Å². The third kappa shape index (κ3) is 1.76. The zero-order chi connectivity index (χ0) is 13.6. The summed E-state index contributed by atoms with van der Waals surface area (Å²) in [6.07, 6.45) is 1.59. The van der Waals surface area contributed by atoms with E-state index in [1.807, 2.05) is 12.1 Å². The number of furan rings is 2. The molecule has 4 nitrogen and oxygen atoms in total. The number of carbonyl (C=O) groups excluding carboxylic acids is 1. The zero-order valence-electron chi connectivity index (χ0n) is 10.5. The van der Waals surface area contributed by atoms with Crippen LogP contribution in [-0.4, -0.2) is 12.6 Å². The fourth-order valence-corrected chi connectivity index (χ4v) is 2.76. The van der Waals surface area contributed by atoms with E-state index in [-0.39, 0.29) is 5.97 Å². The molecule has 0 atom stereocenters. The summed E-state index contributed by atoms with van der Waals surface area (Å²) in [7, 11) is 0. The predicted molar refractivity (Wildman–Crippen MR) is 74.4 cm³/mol. The van der Waals surface area contributed by atoms with Crippen LogP contribution in [-0.2, 0) is 4.74 Å². The van der Waals surface area contributed by atoms with Gasteiger partial charge < -0.3 is 13.6 Å². The smallest absolute Gasteiger partial charge is 0.342 e. The van der Waals surface area contributed by atoms with Crippen LogP contribution in [0.5, 0.6) is 0 Å². The molecule has 0 saturated heterocycles. The van der Waals surface area contributed by atoms with Gasteiger partial charge in [-0.3, -0.25) is 0 Å². The molecule has 0 aliphatic carbocycles. The van der Waals surface area contributed by atoms with Gasteiger partial charge in [-0.05, 0) is 41.9 Å². The molecule has 0 aliphatic rings. The number of hydrogen-bond donors (Lipinski definition) is 0. The number of esters is 1. The molecule has 0 unspecified atom stereocenters. The van der Waals surface area contributed by atoms with Gasteiger partial charge in [0.2, 0.25) is 0 Å². The molecular formula is C14H11BrO4. The number of aryl methyl sites for hydroxylation is 1. The number of rotatable bonds is 2. The molecule has 98 valence electrons. The average Bonchev–Trinajstić information content (AvgIpc) is 2.93. The van der Waals surface area contributed by atoms with Gasteiger partial charge in [-0.25, -0.2) is 4.79 Å². The fraction of sp³-hybridized carbons (Fsp3) is 0.214. The van der Waals surface area contributed by atoms with Crippen molar-refractivity contribution in [3.05, 3.63) is 34.2 Å². The number of benzene rings is 1. The molecule has 5 heteroatoms. The first-order valence-corrected chi connectivity index (χ1v) is 6.68. The highest BCUT2D eigenvalue weighted by Gasteiger charge is 2.22. The first-order valence-electron chi connectivity index (χ1n) is 5.89. The van der Waals surface area contributed by atoms with E-state index >= 15 is 0 Å². The van der Waals surface area contributed by atoms with Gasteiger partial charge in [-0.1, -0.05) is 0 Å².